The van der Waals surface area contributed by atoms with Crippen molar-refractivity contribution in [2.45, 2.75) is 51.6 Å². The van der Waals surface area contributed by atoms with E-state index in [0.29, 0.717) is 37.1 Å². The molecule has 31 heavy (non-hydrogen) atoms. The molecule has 0 atom stereocenters. The molecule has 1 aromatic heterocycles. The topological polar surface area (TPSA) is 80.4 Å². The summed E-state index contributed by atoms with van der Waals surface area (Å²) in [6, 6.07) is 5.76. The van der Waals surface area contributed by atoms with Gasteiger partial charge in [0.1, 0.15) is 17.4 Å². The minimum absolute atomic E-state index is 0.0525. The zero-order valence-electron chi connectivity index (χ0n) is 17.4. The number of nitriles is 1. The average Bonchev–Trinajstić information content (AvgIpc) is 3.15. The van der Waals surface area contributed by atoms with Gasteiger partial charge in [0.05, 0.1) is 17.8 Å². The fraction of sp³-hybridized carbons (Fsp3) is 0.476. The number of amides is 1. The maximum Gasteiger partial charge on any atom is 0.573 e. The van der Waals surface area contributed by atoms with Gasteiger partial charge in [-0.15, -0.1) is 13.2 Å². The van der Waals surface area contributed by atoms with Gasteiger partial charge < -0.3 is 14.4 Å². The van der Waals surface area contributed by atoms with Crippen LogP contribution in [0, 0.1) is 11.3 Å². The van der Waals surface area contributed by atoms with Gasteiger partial charge in [-0.2, -0.15) is 10.4 Å². The number of rotatable bonds is 3. The van der Waals surface area contributed by atoms with Crippen molar-refractivity contribution >= 4 is 6.09 Å². The van der Waals surface area contributed by atoms with Crippen molar-refractivity contribution in [2.24, 2.45) is 0 Å². The number of likely N-dealkylation sites (tertiary alicyclic amines) is 1. The van der Waals surface area contributed by atoms with Crippen molar-refractivity contribution in [3.8, 4) is 22.9 Å². The molecule has 0 spiro atoms. The van der Waals surface area contributed by atoms with E-state index in [9.17, 15) is 18.0 Å². The summed E-state index contributed by atoms with van der Waals surface area (Å²) >= 11 is 0. The lowest BCUT2D eigenvalue weighted by Crippen LogP contribution is -2.42. The SMILES string of the molecule is CC(C)(C)OC(=O)N1CCC(n2cc(-c3ccc(C#N)c(OC(F)(F)F)c3)cn2)CC1. The van der Waals surface area contributed by atoms with Crippen LogP contribution < -0.4 is 4.74 Å². The highest BCUT2D eigenvalue weighted by Gasteiger charge is 2.32. The number of halogens is 3. The molecule has 0 unspecified atom stereocenters. The van der Waals surface area contributed by atoms with Crippen molar-refractivity contribution in [3.05, 3.63) is 36.2 Å². The smallest absolute Gasteiger partial charge is 0.444 e. The molecular formula is C21H23F3N4O3. The van der Waals surface area contributed by atoms with E-state index in [1.807, 2.05) is 20.8 Å². The Morgan fingerprint density at radius 2 is 1.87 bits per heavy atom. The lowest BCUT2D eigenvalue weighted by molar-refractivity contribution is -0.274. The summed E-state index contributed by atoms with van der Waals surface area (Å²) in [6.07, 6.45) is -0.587. The molecule has 7 nitrogen and oxygen atoms in total. The first-order chi connectivity index (χ1) is 14.4. The summed E-state index contributed by atoms with van der Waals surface area (Å²) in [5, 5.41) is 13.4. The van der Waals surface area contributed by atoms with E-state index in [1.54, 1.807) is 34.1 Å². The van der Waals surface area contributed by atoms with Crippen LogP contribution >= 0.6 is 0 Å². The van der Waals surface area contributed by atoms with Crippen LogP contribution in [0.4, 0.5) is 18.0 Å². The Morgan fingerprint density at radius 1 is 1.19 bits per heavy atom. The Kier molecular flexibility index (Phi) is 6.15. The Bertz CT molecular complexity index is 981. The molecule has 2 aromatic rings. The molecular weight excluding hydrogens is 413 g/mol. The summed E-state index contributed by atoms with van der Waals surface area (Å²) in [5.74, 6) is -0.550. The second-order valence-corrected chi connectivity index (χ2v) is 8.28. The first kappa shape index (κ1) is 22.5. The second-order valence-electron chi connectivity index (χ2n) is 8.28. The fourth-order valence-electron chi connectivity index (χ4n) is 3.33. The van der Waals surface area contributed by atoms with Crippen LogP contribution in [0.1, 0.15) is 45.2 Å². The molecule has 0 N–H and O–H groups in total. The number of benzene rings is 1. The van der Waals surface area contributed by atoms with Gasteiger partial charge in [0.15, 0.2) is 0 Å². The van der Waals surface area contributed by atoms with Crippen LogP contribution in [0.25, 0.3) is 11.1 Å². The van der Waals surface area contributed by atoms with Gasteiger partial charge in [0.25, 0.3) is 0 Å². The van der Waals surface area contributed by atoms with Gasteiger partial charge in [-0.1, -0.05) is 6.07 Å². The van der Waals surface area contributed by atoms with E-state index in [1.165, 1.54) is 12.1 Å². The number of aromatic nitrogens is 2. The second kappa shape index (κ2) is 8.49. The van der Waals surface area contributed by atoms with Gasteiger partial charge in [-0.05, 0) is 51.3 Å². The van der Waals surface area contributed by atoms with Gasteiger partial charge in [-0.3, -0.25) is 4.68 Å². The molecule has 1 aliphatic rings. The number of carbonyl (C=O) groups is 1. The quantitative estimate of drug-likeness (QED) is 0.684. The summed E-state index contributed by atoms with van der Waals surface area (Å²) in [5.41, 5.74) is 0.297. The molecule has 0 radical (unpaired) electrons. The third-order valence-electron chi connectivity index (χ3n) is 4.75. The van der Waals surface area contributed by atoms with Gasteiger partial charge in [0.2, 0.25) is 0 Å². The molecule has 0 bridgehead atoms. The van der Waals surface area contributed by atoms with Crippen LogP contribution in [-0.4, -0.2) is 45.8 Å². The fourth-order valence-corrected chi connectivity index (χ4v) is 3.33. The van der Waals surface area contributed by atoms with E-state index >= 15 is 0 Å². The zero-order valence-corrected chi connectivity index (χ0v) is 17.4. The van der Waals surface area contributed by atoms with Crippen molar-refractivity contribution in [3.63, 3.8) is 0 Å². The number of carbonyl (C=O) groups excluding carboxylic acids is 1. The summed E-state index contributed by atoms with van der Waals surface area (Å²) in [6.45, 7) is 6.50. The zero-order chi connectivity index (χ0) is 22.8. The Morgan fingerprint density at radius 3 is 2.45 bits per heavy atom. The normalized spacial score (nSPS) is 15.5. The van der Waals surface area contributed by atoms with E-state index < -0.39 is 17.7 Å². The van der Waals surface area contributed by atoms with Crippen molar-refractivity contribution in [2.75, 3.05) is 13.1 Å². The maximum atomic E-state index is 12.6. The minimum atomic E-state index is -4.89. The highest BCUT2D eigenvalue weighted by molar-refractivity contribution is 5.68. The van der Waals surface area contributed by atoms with Crippen LogP contribution in [0.2, 0.25) is 0 Å². The van der Waals surface area contributed by atoms with Crippen LogP contribution in [0.5, 0.6) is 5.75 Å². The first-order valence-electron chi connectivity index (χ1n) is 9.77. The first-order valence-corrected chi connectivity index (χ1v) is 9.77. The molecule has 3 rings (SSSR count). The molecule has 0 aliphatic carbocycles. The summed E-state index contributed by atoms with van der Waals surface area (Å²) in [7, 11) is 0. The molecule has 1 saturated heterocycles. The molecule has 2 heterocycles. The van der Waals surface area contributed by atoms with Crippen molar-refractivity contribution in [1.29, 1.82) is 5.26 Å². The van der Waals surface area contributed by atoms with Crippen molar-refractivity contribution < 1.29 is 27.4 Å². The molecule has 166 valence electrons. The van der Waals surface area contributed by atoms with Gasteiger partial charge >= 0.3 is 12.5 Å². The third-order valence-corrected chi connectivity index (χ3v) is 4.75. The summed E-state index contributed by atoms with van der Waals surface area (Å²) < 4.78 is 49.0. The number of hydrogen-bond acceptors (Lipinski definition) is 5. The van der Waals surface area contributed by atoms with Crippen LogP contribution in [0.15, 0.2) is 30.6 Å². The van der Waals surface area contributed by atoms with Crippen LogP contribution in [0.3, 0.4) is 0 Å². The van der Waals surface area contributed by atoms with E-state index in [-0.39, 0.29) is 17.7 Å². The molecule has 1 fully saturated rings. The monoisotopic (exact) mass is 436 g/mol. The number of alkyl halides is 3. The van der Waals surface area contributed by atoms with E-state index in [0.717, 1.165) is 0 Å². The molecule has 0 saturated carbocycles. The molecule has 1 aliphatic heterocycles. The van der Waals surface area contributed by atoms with Crippen LogP contribution in [-0.2, 0) is 4.74 Å². The lowest BCUT2D eigenvalue weighted by Gasteiger charge is -2.33. The Hall–Kier alpha value is -3.22. The number of nitrogens with zero attached hydrogens (tertiary/aromatic N) is 4. The highest BCUT2D eigenvalue weighted by atomic mass is 19.4. The predicted octanol–water partition coefficient (Wildman–Crippen LogP) is 4.89. The number of hydrogen-bond donors (Lipinski definition) is 0. The third kappa shape index (κ3) is 5.90. The minimum Gasteiger partial charge on any atom is -0.444 e. The standard InChI is InChI=1S/C21H23F3N4O3/c1-20(2,3)31-19(29)27-8-6-17(7-9-27)28-13-16(12-26-28)14-4-5-15(11-25)18(10-14)30-21(22,23)24/h4-5,10,12-13,17H,6-9H2,1-3H3. The number of ether oxygens (including phenoxy) is 2. The maximum absolute atomic E-state index is 12.6. The Balaban J connectivity index is 1.69. The van der Waals surface area contributed by atoms with Gasteiger partial charge in [-0.25, -0.2) is 4.79 Å². The van der Waals surface area contributed by atoms with Crippen molar-refractivity contribution in [1.82, 2.24) is 14.7 Å². The summed E-state index contributed by atoms with van der Waals surface area (Å²) in [4.78, 5) is 13.9. The lowest BCUT2D eigenvalue weighted by atomic mass is 10.0. The largest absolute Gasteiger partial charge is 0.573 e. The molecule has 10 heteroatoms. The molecule has 1 amide bonds. The van der Waals surface area contributed by atoms with E-state index in [4.69, 9.17) is 10.00 Å². The predicted molar refractivity (Wildman–Crippen MR) is 105 cm³/mol. The van der Waals surface area contributed by atoms with Gasteiger partial charge in [0, 0.05) is 24.8 Å². The number of piperidine rings is 1. The average molecular weight is 436 g/mol. The highest BCUT2D eigenvalue weighted by Crippen LogP contribution is 2.32. The Labute approximate surface area is 178 Å². The molecule has 1 aromatic carbocycles. The van der Waals surface area contributed by atoms with E-state index in [2.05, 4.69) is 9.84 Å².